The number of ether oxygens (including phenoxy) is 1. The molecule has 2 aromatic rings. The van der Waals surface area contributed by atoms with E-state index in [9.17, 15) is 0 Å². The molecular formula is C16H18OS. The summed E-state index contributed by atoms with van der Waals surface area (Å²) in [6.07, 6.45) is 0. The minimum Gasteiger partial charge on any atom is -0.456 e. The van der Waals surface area contributed by atoms with Gasteiger partial charge >= 0.3 is 0 Å². The lowest BCUT2D eigenvalue weighted by Gasteiger charge is -2.13. The highest BCUT2D eigenvalue weighted by molar-refractivity contribution is 7.11. The molecule has 0 amide bonds. The molecule has 0 N–H and O–H groups in total. The maximum atomic E-state index is 5.92. The van der Waals surface area contributed by atoms with Crippen molar-refractivity contribution in [2.75, 3.05) is 0 Å². The topological polar surface area (TPSA) is 9.23 Å². The Morgan fingerprint density at radius 2 is 1.72 bits per heavy atom. The number of rotatable bonds is 3. The lowest BCUT2D eigenvalue weighted by Crippen LogP contribution is -1.97. The van der Waals surface area contributed by atoms with Gasteiger partial charge in [-0.15, -0.1) is 11.3 Å². The zero-order chi connectivity index (χ0) is 13.3. The summed E-state index contributed by atoms with van der Waals surface area (Å²) in [4.78, 5) is 1.12. The van der Waals surface area contributed by atoms with Gasteiger partial charge in [-0.25, -0.2) is 0 Å². The number of benzene rings is 1. The van der Waals surface area contributed by atoms with Gasteiger partial charge in [0, 0.05) is 0 Å². The Bertz CT molecular complexity index is 593. The van der Waals surface area contributed by atoms with Crippen LogP contribution in [0.3, 0.4) is 0 Å². The van der Waals surface area contributed by atoms with Crippen molar-refractivity contribution in [3.05, 3.63) is 57.3 Å². The number of aryl methyl sites for hydroxylation is 2. The van der Waals surface area contributed by atoms with Gasteiger partial charge in [-0.05, 0) is 67.5 Å². The van der Waals surface area contributed by atoms with Crippen LogP contribution in [0.5, 0.6) is 5.75 Å². The molecule has 1 aromatic heterocycles. The van der Waals surface area contributed by atoms with Crippen LogP contribution in [0.1, 0.15) is 27.1 Å². The van der Waals surface area contributed by atoms with Crippen LogP contribution in [0.25, 0.3) is 5.76 Å². The number of thiophene rings is 1. The van der Waals surface area contributed by atoms with E-state index in [-0.39, 0.29) is 0 Å². The zero-order valence-corrected chi connectivity index (χ0v) is 12.1. The molecule has 1 nitrogen and oxygen atoms in total. The lowest BCUT2D eigenvalue weighted by molar-refractivity contribution is 0.513. The molecule has 0 saturated carbocycles. The van der Waals surface area contributed by atoms with Gasteiger partial charge in [0.25, 0.3) is 0 Å². The highest BCUT2D eigenvalue weighted by atomic mass is 32.1. The fourth-order valence-corrected chi connectivity index (χ4v) is 2.71. The molecule has 0 aliphatic carbocycles. The lowest BCUT2D eigenvalue weighted by atomic mass is 10.0. The Kier molecular flexibility index (Phi) is 3.58. The molecule has 0 aliphatic rings. The Morgan fingerprint density at radius 3 is 2.33 bits per heavy atom. The second-order valence-corrected chi connectivity index (χ2v) is 5.50. The van der Waals surface area contributed by atoms with Gasteiger partial charge in [0.2, 0.25) is 0 Å². The zero-order valence-electron chi connectivity index (χ0n) is 11.3. The van der Waals surface area contributed by atoms with Gasteiger partial charge in [0.1, 0.15) is 11.5 Å². The quantitative estimate of drug-likeness (QED) is 0.701. The summed E-state index contributed by atoms with van der Waals surface area (Å²) in [7, 11) is 0. The number of hydrogen-bond donors (Lipinski definition) is 0. The molecule has 0 saturated heterocycles. The van der Waals surface area contributed by atoms with Gasteiger partial charge in [-0.2, -0.15) is 0 Å². The first-order valence-electron chi connectivity index (χ1n) is 5.98. The van der Waals surface area contributed by atoms with Gasteiger partial charge in [-0.1, -0.05) is 12.6 Å². The highest BCUT2D eigenvalue weighted by Crippen LogP contribution is 2.30. The first-order valence-corrected chi connectivity index (χ1v) is 6.86. The van der Waals surface area contributed by atoms with Crippen molar-refractivity contribution >= 4 is 17.1 Å². The van der Waals surface area contributed by atoms with E-state index >= 15 is 0 Å². The summed E-state index contributed by atoms with van der Waals surface area (Å²) < 4.78 is 5.92. The van der Waals surface area contributed by atoms with Crippen LogP contribution in [-0.4, -0.2) is 0 Å². The minimum absolute atomic E-state index is 0.730. The fraction of sp³-hybridized carbons (Fsp3) is 0.250. The molecule has 1 aromatic carbocycles. The van der Waals surface area contributed by atoms with Crippen molar-refractivity contribution in [2.24, 2.45) is 0 Å². The van der Waals surface area contributed by atoms with Crippen LogP contribution in [-0.2, 0) is 0 Å². The van der Waals surface area contributed by atoms with Gasteiger partial charge in [0.05, 0.1) is 4.88 Å². The SMILES string of the molecule is C=C(Oc1ccc(C)c(C)c1C)c1sccc1C. The molecule has 0 aliphatic heterocycles. The van der Waals surface area contributed by atoms with E-state index in [0.29, 0.717) is 0 Å². The van der Waals surface area contributed by atoms with E-state index in [1.165, 1.54) is 22.3 Å². The van der Waals surface area contributed by atoms with Crippen molar-refractivity contribution in [1.29, 1.82) is 0 Å². The monoisotopic (exact) mass is 258 g/mol. The van der Waals surface area contributed by atoms with Crippen molar-refractivity contribution < 1.29 is 4.74 Å². The molecule has 0 spiro atoms. The molecule has 0 atom stereocenters. The second kappa shape index (κ2) is 4.99. The predicted molar refractivity (Wildman–Crippen MR) is 79.4 cm³/mol. The van der Waals surface area contributed by atoms with Crippen LogP contribution in [0.2, 0.25) is 0 Å². The summed E-state index contributed by atoms with van der Waals surface area (Å²) in [5, 5.41) is 2.06. The molecule has 0 radical (unpaired) electrons. The third-order valence-electron chi connectivity index (χ3n) is 3.36. The molecule has 94 valence electrons. The van der Waals surface area contributed by atoms with Crippen molar-refractivity contribution in [1.82, 2.24) is 0 Å². The first kappa shape index (κ1) is 12.9. The summed E-state index contributed by atoms with van der Waals surface area (Å²) in [6.45, 7) is 12.4. The molecule has 2 rings (SSSR count). The molecule has 2 heteroatoms. The van der Waals surface area contributed by atoms with E-state index in [2.05, 4.69) is 51.8 Å². The summed E-state index contributed by atoms with van der Waals surface area (Å²) in [6, 6.07) is 6.19. The normalized spacial score (nSPS) is 10.4. The van der Waals surface area contributed by atoms with Crippen LogP contribution in [0, 0.1) is 27.7 Å². The smallest absolute Gasteiger partial charge is 0.137 e. The van der Waals surface area contributed by atoms with Gasteiger partial charge < -0.3 is 4.74 Å². The molecule has 1 heterocycles. The van der Waals surface area contributed by atoms with Gasteiger partial charge in [0.15, 0.2) is 0 Å². The van der Waals surface area contributed by atoms with E-state index in [0.717, 1.165) is 16.4 Å². The molecule has 0 fully saturated rings. The van der Waals surface area contributed by atoms with E-state index in [4.69, 9.17) is 4.74 Å². The standard InChI is InChI=1S/C16H18OS/c1-10-6-7-15(13(4)12(10)3)17-14(5)16-11(2)8-9-18-16/h6-9H,5H2,1-4H3. The summed E-state index contributed by atoms with van der Waals surface area (Å²) in [5.74, 6) is 1.63. The molecule has 0 unspecified atom stereocenters. The minimum atomic E-state index is 0.730. The predicted octanol–water partition coefficient (Wildman–Crippen LogP) is 5.03. The Morgan fingerprint density at radius 1 is 1.00 bits per heavy atom. The first-order chi connectivity index (χ1) is 8.50. The summed E-state index contributed by atoms with van der Waals surface area (Å²) >= 11 is 1.67. The second-order valence-electron chi connectivity index (χ2n) is 4.59. The average Bonchev–Trinajstić information content (AvgIpc) is 2.76. The number of hydrogen-bond acceptors (Lipinski definition) is 2. The summed E-state index contributed by atoms with van der Waals surface area (Å²) in [5.41, 5.74) is 4.97. The third-order valence-corrected chi connectivity index (χ3v) is 4.41. The van der Waals surface area contributed by atoms with E-state index in [1.54, 1.807) is 11.3 Å². The fourth-order valence-electron chi connectivity index (χ4n) is 1.88. The van der Waals surface area contributed by atoms with Crippen molar-refractivity contribution in [3.8, 4) is 5.75 Å². The molecule has 0 bridgehead atoms. The van der Waals surface area contributed by atoms with E-state index in [1.807, 2.05) is 6.07 Å². The third kappa shape index (κ3) is 2.34. The average molecular weight is 258 g/mol. The van der Waals surface area contributed by atoms with Crippen LogP contribution in [0.15, 0.2) is 30.2 Å². The van der Waals surface area contributed by atoms with Crippen LogP contribution < -0.4 is 4.74 Å². The maximum absolute atomic E-state index is 5.92. The Labute approximate surface area is 113 Å². The highest BCUT2D eigenvalue weighted by Gasteiger charge is 2.10. The van der Waals surface area contributed by atoms with Crippen molar-refractivity contribution in [2.45, 2.75) is 27.7 Å². The molecule has 18 heavy (non-hydrogen) atoms. The van der Waals surface area contributed by atoms with Crippen molar-refractivity contribution in [3.63, 3.8) is 0 Å². The maximum Gasteiger partial charge on any atom is 0.137 e. The van der Waals surface area contributed by atoms with Gasteiger partial charge in [-0.3, -0.25) is 0 Å². The van der Waals surface area contributed by atoms with Crippen LogP contribution in [0.4, 0.5) is 0 Å². The van der Waals surface area contributed by atoms with E-state index < -0.39 is 0 Å². The Balaban J connectivity index is 2.28. The molecular weight excluding hydrogens is 240 g/mol. The van der Waals surface area contributed by atoms with Crippen LogP contribution >= 0.6 is 11.3 Å². The Hall–Kier alpha value is -1.54. The largest absolute Gasteiger partial charge is 0.456 e.